The molecule has 0 radical (unpaired) electrons. The number of nitrogens with zero attached hydrogens (tertiary/aromatic N) is 2. The second-order valence-corrected chi connectivity index (χ2v) is 6.75. The fraction of sp³-hybridized carbons (Fsp3) is 0.0870. The van der Waals surface area contributed by atoms with Crippen LogP contribution in [-0.2, 0) is 0 Å². The first-order valence-corrected chi connectivity index (χ1v) is 9.00. The number of nitrogens with one attached hydrogen (secondary N) is 1. The third kappa shape index (κ3) is 3.30. The fourth-order valence-electron chi connectivity index (χ4n) is 3.04. The standard InChI is InChI=1S/C23H19N3O2/c1-15-7-11-17(12-8-15)24-22(27)21-25-20-6-4-3-5-19(20)23(28)26(21)18-13-9-16(2)10-14-18/h3-14H,1-2H3,(H,24,27). The van der Waals surface area contributed by atoms with Gasteiger partial charge in [0.1, 0.15) is 0 Å². The van der Waals surface area contributed by atoms with Gasteiger partial charge in [-0.15, -0.1) is 0 Å². The van der Waals surface area contributed by atoms with Gasteiger partial charge in [0.25, 0.3) is 11.5 Å². The molecule has 0 saturated heterocycles. The molecule has 0 aliphatic rings. The van der Waals surface area contributed by atoms with Gasteiger partial charge in [0.05, 0.1) is 16.6 Å². The van der Waals surface area contributed by atoms with E-state index in [0.29, 0.717) is 22.3 Å². The molecule has 0 unspecified atom stereocenters. The molecule has 0 aliphatic carbocycles. The highest BCUT2D eigenvalue weighted by molar-refractivity contribution is 6.03. The van der Waals surface area contributed by atoms with Gasteiger partial charge in [0, 0.05) is 5.69 Å². The average molecular weight is 369 g/mol. The van der Waals surface area contributed by atoms with Crippen molar-refractivity contribution in [2.45, 2.75) is 13.8 Å². The van der Waals surface area contributed by atoms with Crippen molar-refractivity contribution in [2.24, 2.45) is 0 Å². The first kappa shape index (κ1) is 17.7. The minimum atomic E-state index is -0.438. The molecule has 138 valence electrons. The topological polar surface area (TPSA) is 64.0 Å². The summed E-state index contributed by atoms with van der Waals surface area (Å²) in [6.07, 6.45) is 0. The van der Waals surface area contributed by atoms with E-state index >= 15 is 0 Å². The Balaban J connectivity index is 1.89. The number of hydrogen-bond acceptors (Lipinski definition) is 3. The molecule has 5 nitrogen and oxygen atoms in total. The second kappa shape index (κ2) is 7.12. The van der Waals surface area contributed by atoms with Gasteiger partial charge in [-0.05, 0) is 50.2 Å². The lowest BCUT2D eigenvalue weighted by Crippen LogP contribution is -2.29. The number of aromatic nitrogens is 2. The van der Waals surface area contributed by atoms with Crippen LogP contribution in [0.2, 0.25) is 0 Å². The summed E-state index contributed by atoms with van der Waals surface area (Å²) in [5, 5.41) is 3.31. The monoisotopic (exact) mass is 369 g/mol. The highest BCUT2D eigenvalue weighted by Gasteiger charge is 2.19. The molecule has 4 rings (SSSR count). The van der Waals surface area contributed by atoms with Crippen molar-refractivity contribution in [3.05, 3.63) is 100 Å². The van der Waals surface area contributed by atoms with Crippen molar-refractivity contribution >= 4 is 22.5 Å². The van der Waals surface area contributed by atoms with Crippen LogP contribution in [0.4, 0.5) is 5.69 Å². The SMILES string of the molecule is Cc1ccc(NC(=O)c2nc3ccccc3c(=O)n2-c2ccc(C)cc2)cc1. The number of fused-ring (bicyclic) bond motifs is 1. The number of amides is 1. The Morgan fingerprint density at radius 3 is 2.14 bits per heavy atom. The molecule has 1 amide bonds. The summed E-state index contributed by atoms with van der Waals surface area (Å²) in [4.78, 5) is 30.7. The van der Waals surface area contributed by atoms with Gasteiger partial charge in [-0.1, -0.05) is 47.5 Å². The summed E-state index contributed by atoms with van der Waals surface area (Å²) in [5.74, 6) is -0.389. The molecule has 1 heterocycles. The van der Waals surface area contributed by atoms with Crippen molar-refractivity contribution in [2.75, 3.05) is 5.32 Å². The van der Waals surface area contributed by atoms with E-state index in [1.165, 1.54) is 4.57 Å². The van der Waals surface area contributed by atoms with Crippen LogP contribution in [0.15, 0.2) is 77.6 Å². The van der Waals surface area contributed by atoms with Crippen LogP contribution in [0.25, 0.3) is 16.6 Å². The number of carbonyl (C=O) groups is 1. The Hall–Kier alpha value is -3.73. The molecule has 3 aromatic carbocycles. The average Bonchev–Trinajstić information content (AvgIpc) is 2.70. The van der Waals surface area contributed by atoms with Crippen molar-refractivity contribution in [3.63, 3.8) is 0 Å². The quantitative estimate of drug-likeness (QED) is 0.587. The van der Waals surface area contributed by atoms with Crippen molar-refractivity contribution < 1.29 is 4.79 Å². The normalized spacial score (nSPS) is 10.8. The van der Waals surface area contributed by atoms with E-state index in [1.807, 2.05) is 62.4 Å². The second-order valence-electron chi connectivity index (χ2n) is 6.75. The van der Waals surface area contributed by atoms with Gasteiger partial charge in [0.15, 0.2) is 0 Å². The lowest BCUT2D eigenvalue weighted by molar-refractivity contribution is 0.101. The molecule has 5 heteroatoms. The summed E-state index contributed by atoms with van der Waals surface area (Å²) in [6, 6.07) is 21.9. The summed E-state index contributed by atoms with van der Waals surface area (Å²) in [6.45, 7) is 3.95. The lowest BCUT2D eigenvalue weighted by atomic mass is 10.2. The minimum Gasteiger partial charge on any atom is -0.319 e. The van der Waals surface area contributed by atoms with Crippen LogP contribution in [0.3, 0.4) is 0 Å². The summed E-state index contributed by atoms with van der Waals surface area (Å²) in [5.41, 5.74) is 3.62. The predicted molar refractivity (Wildman–Crippen MR) is 111 cm³/mol. The van der Waals surface area contributed by atoms with Crippen LogP contribution in [0.1, 0.15) is 21.7 Å². The van der Waals surface area contributed by atoms with E-state index in [4.69, 9.17) is 0 Å². The molecule has 0 aliphatic heterocycles. The summed E-state index contributed by atoms with van der Waals surface area (Å²) < 4.78 is 1.37. The van der Waals surface area contributed by atoms with E-state index < -0.39 is 5.91 Å². The van der Waals surface area contributed by atoms with Gasteiger partial charge in [0.2, 0.25) is 5.82 Å². The first-order valence-electron chi connectivity index (χ1n) is 9.00. The molecule has 0 atom stereocenters. The van der Waals surface area contributed by atoms with Gasteiger partial charge >= 0.3 is 0 Å². The van der Waals surface area contributed by atoms with Gasteiger partial charge in [-0.25, -0.2) is 4.98 Å². The Bertz CT molecular complexity index is 1220. The maximum absolute atomic E-state index is 13.2. The summed E-state index contributed by atoms with van der Waals surface area (Å²) in [7, 11) is 0. The number of para-hydroxylation sites is 1. The zero-order valence-corrected chi connectivity index (χ0v) is 15.6. The lowest BCUT2D eigenvalue weighted by Gasteiger charge is -2.14. The van der Waals surface area contributed by atoms with Gasteiger partial charge < -0.3 is 5.32 Å². The summed E-state index contributed by atoms with van der Waals surface area (Å²) >= 11 is 0. The molecule has 28 heavy (non-hydrogen) atoms. The third-order valence-corrected chi connectivity index (χ3v) is 4.58. The Labute approximate surface area is 162 Å². The maximum atomic E-state index is 13.2. The van der Waals surface area contributed by atoms with Crippen molar-refractivity contribution in [1.82, 2.24) is 9.55 Å². The number of anilines is 1. The number of rotatable bonds is 3. The molecule has 0 saturated carbocycles. The van der Waals surface area contributed by atoms with E-state index in [1.54, 1.807) is 24.3 Å². The molecule has 0 spiro atoms. The number of benzene rings is 3. The minimum absolute atomic E-state index is 0.0492. The Morgan fingerprint density at radius 1 is 0.857 bits per heavy atom. The van der Waals surface area contributed by atoms with Crippen molar-refractivity contribution in [3.8, 4) is 5.69 Å². The smallest absolute Gasteiger partial charge is 0.292 e. The van der Waals surface area contributed by atoms with E-state index in [9.17, 15) is 9.59 Å². The largest absolute Gasteiger partial charge is 0.319 e. The zero-order chi connectivity index (χ0) is 19.7. The third-order valence-electron chi connectivity index (χ3n) is 4.58. The number of carbonyl (C=O) groups excluding carboxylic acids is 1. The molecule has 4 aromatic rings. The zero-order valence-electron chi connectivity index (χ0n) is 15.6. The van der Waals surface area contributed by atoms with Gasteiger partial charge in [-0.3, -0.25) is 14.2 Å². The van der Waals surface area contributed by atoms with Crippen LogP contribution in [0.5, 0.6) is 0 Å². The van der Waals surface area contributed by atoms with Crippen LogP contribution in [0, 0.1) is 13.8 Å². The van der Waals surface area contributed by atoms with E-state index in [-0.39, 0.29) is 11.4 Å². The van der Waals surface area contributed by atoms with E-state index in [2.05, 4.69) is 10.3 Å². The van der Waals surface area contributed by atoms with Crippen LogP contribution < -0.4 is 10.9 Å². The van der Waals surface area contributed by atoms with E-state index in [0.717, 1.165) is 11.1 Å². The highest BCUT2D eigenvalue weighted by Crippen LogP contribution is 2.16. The van der Waals surface area contributed by atoms with Crippen LogP contribution >= 0.6 is 0 Å². The fourth-order valence-corrected chi connectivity index (χ4v) is 3.04. The molecular formula is C23H19N3O2. The Kier molecular flexibility index (Phi) is 4.49. The van der Waals surface area contributed by atoms with Gasteiger partial charge in [-0.2, -0.15) is 0 Å². The molecule has 0 bridgehead atoms. The van der Waals surface area contributed by atoms with Crippen LogP contribution in [-0.4, -0.2) is 15.5 Å². The molecular weight excluding hydrogens is 350 g/mol. The molecule has 1 aromatic heterocycles. The maximum Gasteiger partial charge on any atom is 0.292 e. The first-order chi connectivity index (χ1) is 13.5. The Morgan fingerprint density at radius 2 is 1.46 bits per heavy atom. The number of aryl methyl sites for hydroxylation is 2. The highest BCUT2D eigenvalue weighted by atomic mass is 16.2. The van der Waals surface area contributed by atoms with Crippen molar-refractivity contribution in [1.29, 1.82) is 0 Å². The number of hydrogen-bond donors (Lipinski definition) is 1. The predicted octanol–water partition coefficient (Wildman–Crippen LogP) is 4.25. The molecule has 0 fully saturated rings. The molecule has 1 N–H and O–H groups in total.